The molecule has 3 nitrogen and oxygen atoms in total. The molecule has 3 N–H and O–H groups in total. The van der Waals surface area contributed by atoms with Gasteiger partial charge in [0.2, 0.25) is 0 Å². The maximum absolute atomic E-state index is 12.0. The fraction of sp³-hybridized carbons (Fsp3) is 0.357. The molecule has 1 aromatic carbocycles. The highest BCUT2D eigenvalue weighted by Gasteiger charge is 2.16. The van der Waals surface area contributed by atoms with Gasteiger partial charge in [0.05, 0.1) is 6.04 Å². The smallest absolute Gasteiger partial charge is 0.252 e. The van der Waals surface area contributed by atoms with Crippen LogP contribution < -0.4 is 11.1 Å². The van der Waals surface area contributed by atoms with Crippen molar-refractivity contribution in [2.45, 2.75) is 26.8 Å². The Morgan fingerprint density at radius 1 is 1.47 bits per heavy atom. The van der Waals surface area contributed by atoms with E-state index in [-0.39, 0.29) is 17.9 Å². The molecule has 0 aliphatic rings. The van der Waals surface area contributed by atoms with Gasteiger partial charge in [-0.25, -0.2) is 0 Å². The van der Waals surface area contributed by atoms with Crippen LogP contribution in [0.25, 0.3) is 0 Å². The monoisotopic (exact) mass is 230 g/mol. The molecule has 0 bridgehead atoms. The van der Waals surface area contributed by atoms with Crippen molar-refractivity contribution >= 4 is 11.6 Å². The zero-order chi connectivity index (χ0) is 13.0. The lowest BCUT2D eigenvalue weighted by Crippen LogP contribution is -2.37. The third-order valence-electron chi connectivity index (χ3n) is 2.75. The summed E-state index contributed by atoms with van der Waals surface area (Å²) in [6, 6.07) is 5.02. The molecule has 0 heterocycles. The molecule has 90 valence electrons. The Labute approximate surface area is 102 Å². The number of rotatable bonds is 3. The first-order valence-electron chi connectivity index (χ1n) is 5.59. The van der Waals surface area contributed by atoms with E-state index >= 15 is 0 Å². The molecule has 0 radical (unpaired) electrons. The third kappa shape index (κ3) is 3.01. The fourth-order valence-corrected chi connectivity index (χ4v) is 1.52. The molecule has 0 saturated carbocycles. The maximum atomic E-state index is 12.0. The topological polar surface area (TPSA) is 55.1 Å². The number of anilines is 1. The number of carbonyl (C=O) groups is 1. The summed E-state index contributed by atoms with van der Waals surface area (Å²) >= 11 is 0. The Balaban J connectivity index is 2.91. The van der Waals surface area contributed by atoms with Gasteiger partial charge in [0.1, 0.15) is 0 Å². The Hall–Kier alpha value is -1.95. The summed E-state index contributed by atoms with van der Waals surface area (Å²) in [4.78, 5) is 12.0. The first kappa shape index (κ1) is 13.1. The molecule has 0 aromatic heterocycles. The minimum atomic E-state index is -0.261. The van der Waals surface area contributed by atoms with E-state index in [9.17, 15) is 4.79 Å². The summed E-state index contributed by atoms with van der Waals surface area (Å²) in [5.41, 5.74) is 7.73. The maximum Gasteiger partial charge on any atom is 0.252 e. The fourth-order valence-electron chi connectivity index (χ4n) is 1.52. The van der Waals surface area contributed by atoms with Crippen molar-refractivity contribution in [3.05, 3.63) is 29.3 Å². The summed E-state index contributed by atoms with van der Waals surface area (Å²) in [6.45, 7) is 5.76. The first-order valence-corrected chi connectivity index (χ1v) is 5.59. The molecule has 0 spiro atoms. The molecular weight excluding hydrogens is 212 g/mol. The van der Waals surface area contributed by atoms with Gasteiger partial charge in [-0.3, -0.25) is 4.79 Å². The van der Waals surface area contributed by atoms with Gasteiger partial charge in [0, 0.05) is 11.3 Å². The molecule has 1 amide bonds. The van der Waals surface area contributed by atoms with E-state index in [0.29, 0.717) is 11.3 Å². The molecule has 0 fully saturated rings. The van der Waals surface area contributed by atoms with Crippen molar-refractivity contribution in [1.82, 2.24) is 5.32 Å². The van der Waals surface area contributed by atoms with Crippen LogP contribution in [0.3, 0.4) is 0 Å². The van der Waals surface area contributed by atoms with E-state index in [1.54, 1.807) is 18.2 Å². The average molecular weight is 230 g/mol. The van der Waals surface area contributed by atoms with Gasteiger partial charge in [0.25, 0.3) is 5.91 Å². The molecule has 1 rings (SSSR count). The number of nitrogens with two attached hydrogens (primary N) is 1. The molecule has 1 atom stereocenters. The van der Waals surface area contributed by atoms with Crippen LogP contribution in [-0.2, 0) is 0 Å². The summed E-state index contributed by atoms with van der Waals surface area (Å²) in [7, 11) is 0. The van der Waals surface area contributed by atoms with E-state index in [1.165, 1.54) is 0 Å². The van der Waals surface area contributed by atoms with Crippen molar-refractivity contribution in [3.63, 3.8) is 0 Å². The van der Waals surface area contributed by atoms with Crippen LogP contribution in [0.5, 0.6) is 0 Å². The van der Waals surface area contributed by atoms with Gasteiger partial charge >= 0.3 is 0 Å². The minimum Gasteiger partial charge on any atom is -0.398 e. The van der Waals surface area contributed by atoms with E-state index in [2.05, 4.69) is 11.2 Å². The van der Waals surface area contributed by atoms with E-state index < -0.39 is 0 Å². The van der Waals surface area contributed by atoms with Gasteiger partial charge in [-0.15, -0.1) is 6.42 Å². The number of nitrogen functional groups attached to an aromatic ring is 1. The highest BCUT2D eigenvalue weighted by atomic mass is 16.1. The molecule has 1 aromatic rings. The SMILES string of the molecule is C#CC(NC(=O)c1cccc(N)c1C)C(C)C. The van der Waals surface area contributed by atoms with Crippen molar-refractivity contribution in [2.75, 3.05) is 5.73 Å². The predicted molar refractivity (Wildman–Crippen MR) is 70.5 cm³/mol. The van der Waals surface area contributed by atoms with E-state index in [1.807, 2.05) is 20.8 Å². The lowest BCUT2D eigenvalue weighted by atomic mass is 10.0. The molecule has 0 saturated heterocycles. The van der Waals surface area contributed by atoms with Crippen molar-refractivity contribution in [3.8, 4) is 12.3 Å². The van der Waals surface area contributed by atoms with Gasteiger partial charge in [-0.2, -0.15) is 0 Å². The minimum absolute atomic E-state index is 0.175. The number of amides is 1. The highest BCUT2D eigenvalue weighted by Crippen LogP contribution is 2.15. The number of nitrogens with one attached hydrogen (secondary N) is 1. The van der Waals surface area contributed by atoms with Crippen molar-refractivity contribution < 1.29 is 4.79 Å². The Bertz CT molecular complexity index is 458. The molecule has 17 heavy (non-hydrogen) atoms. The van der Waals surface area contributed by atoms with Gasteiger partial charge in [-0.1, -0.05) is 25.8 Å². The summed E-state index contributed by atoms with van der Waals surface area (Å²) in [6.07, 6.45) is 5.38. The lowest BCUT2D eigenvalue weighted by molar-refractivity contribution is 0.0937. The van der Waals surface area contributed by atoms with E-state index in [0.717, 1.165) is 5.56 Å². The summed E-state index contributed by atoms with van der Waals surface area (Å²) < 4.78 is 0. The van der Waals surface area contributed by atoms with Crippen LogP contribution in [-0.4, -0.2) is 11.9 Å². The van der Waals surface area contributed by atoms with Crippen LogP contribution in [0.4, 0.5) is 5.69 Å². The van der Waals surface area contributed by atoms with Crippen LogP contribution >= 0.6 is 0 Å². The second-order valence-electron chi connectivity index (χ2n) is 4.38. The van der Waals surface area contributed by atoms with Gasteiger partial charge in [0.15, 0.2) is 0 Å². The van der Waals surface area contributed by atoms with E-state index in [4.69, 9.17) is 12.2 Å². The quantitative estimate of drug-likeness (QED) is 0.616. The number of hydrogen-bond acceptors (Lipinski definition) is 2. The second-order valence-corrected chi connectivity index (χ2v) is 4.38. The summed E-state index contributed by atoms with van der Waals surface area (Å²) in [5.74, 6) is 2.60. The lowest BCUT2D eigenvalue weighted by Gasteiger charge is -2.17. The third-order valence-corrected chi connectivity index (χ3v) is 2.75. The van der Waals surface area contributed by atoms with Crippen LogP contribution in [0, 0.1) is 25.2 Å². The Morgan fingerprint density at radius 3 is 2.65 bits per heavy atom. The Morgan fingerprint density at radius 2 is 2.12 bits per heavy atom. The number of terminal acetylenes is 1. The largest absolute Gasteiger partial charge is 0.398 e. The summed E-state index contributed by atoms with van der Waals surface area (Å²) in [5, 5.41) is 2.82. The van der Waals surface area contributed by atoms with Crippen molar-refractivity contribution in [2.24, 2.45) is 5.92 Å². The standard InChI is InChI=1S/C14H18N2O/c1-5-13(9(2)3)16-14(17)11-7-6-8-12(15)10(11)4/h1,6-9,13H,15H2,2-4H3,(H,16,17). The van der Waals surface area contributed by atoms with Crippen LogP contribution in [0.15, 0.2) is 18.2 Å². The molecule has 1 unspecified atom stereocenters. The molecular formula is C14H18N2O. The number of carbonyl (C=O) groups excluding carboxylic acids is 1. The predicted octanol–water partition coefficient (Wildman–Crippen LogP) is 1.96. The first-order chi connectivity index (χ1) is 7.97. The zero-order valence-corrected chi connectivity index (χ0v) is 10.4. The van der Waals surface area contributed by atoms with Gasteiger partial charge in [-0.05, 0) is 30.5 Å². The Kier molecular flexibility index (Phi) is 4.17. The number of benzene rings is 1. The molecule has 0 aliphatic carbocycles. The van der Waals surface area contributed by atoms with Crippen LogP contribution in [0.1, 0.15) is 29.8 Å². The van der Waals surface area contributed by atoms with Crippen molar-refractivity contribution in [1.29, 1.82) is 0 Å². The second kappa shape index (κ2) is 5.40. The average Bonchev–Trinajstić information content (AvgIpc) is 2.28. The normalized spacial score (nSPS) is 11.9. The van der Waals surface area contributed by atoms with Crippen LogP contribution in [0.2, 0.25) is 0 Å². The van der Waals surface area contributed by atoms with Gasteiger partial charge < -0.3 is 11.1 Å². The molecule has 0 aliphatic heterocycles. The zero-order valence-electron chi connectivity index (χ0n) is 10.4. The molecule has 3 heteroatoms. The highest BCUT2D eigenvalue weighted by molar-refractivity contribution is 5.97. The number of hydrogen-bond donors (Lipinski definition) is 2.